The van der Waals surface area contributed by atoms with Crippen molar-refractivity contribution in [1.82, 2.24) is 20.1 Å². The molecule has 2 heterocycles. The number of hydrogen-bond acceptors (Lipinski definition) is 4. The van der Waals surface area contributed by atoms with E-state index in [1.807, 2.05) is 48.5 Å². The first-order valence-corrected chi connectivity index (χ1v) is 14.3. The van der Waals surface area contributed by atoms with Gasteiger partial charge >= 0.3 is 0 Å². The molecular weight excluding hydrogens is 492 g/mol. The van der Waals surface area contributed by atoms with Gasteiger partial charge in [-0.15, -0.1) is 0 Å². The van der Waals surface area contributed by atoms with Gasteiger partial charge in [-0.05, 0) is 53.8 Å². The Morgan fingerprint density at radius 3 is 2.00 bits per heavy atom. The smallest absolute Gasteiger partial charge is 0.251 e. The molecule has 3 aromatic carbocycles. The number of piperazine rings is 1. The van der Waals surface area contributed by atoms with Gasteiger partial charge in [-0.3, -0.25) is 14.7 Å². The number of aromatic nitrogens is 1. The second-order valence-electron chi connectivity index (χ2n) is 10.3. The van der Waals surface area contributed by atoms with Crippen LogP contribution in [-0.2, 0) is 4.79 Å². The van der Waals surface area contributed by atoms with Gasteiger partial charge in [0.15, 0.2) is 0 Å². The van der Waals surface area contributed by atoms with Crippen LogP contribution in [0.4, 0.5) is 0 Å². The average molecular weight is 531 g/mol. The van der Waals surface area contributed by atoms with Crippen LogP contribution in [0.2, 0.25) is 0 Å². The van der Waals surface area contributed by atoms with Crippen molar-refractivity contribution in [3.63, 3.8) is 0 Å². The number of carbonyl (C=O) groups excluding carboxylic acids is 1. The number of nitrogens with zero attached hydrogens (tertiary/aromatic N) is 3. The summed E-state index contributed by atoms with van der Waals surface area (Å²) in [7, 11) is 0. The Labute approximate surface area is 238 Å². The number of nitrogens with one attached hydrogen (secondary N) is 1. The highest BCUT2D eigenvalue weighted by molar-refractivity contribution is 6.24. The standard InChI is InChI=1S/C35H38N4O/c40-35(33(30-14-4-1-5-15-30)27-29-13-12-20-36-28-29)37-21-10-11-22-38-23-25-39(26-24-38)34(31-16-6-2-7-17-31)32-18-8-3-9-19-32/h1-9,12-20,27-28,34H,10-11,21-26H2,(H,37,40)/b33-27+. The van der Waals surface area contributed by atoms with Crippen molar-refractivity contribution in [2.75, 3.05) is 39.3 Å². The lowest BCUT2D eigenvalue weighted by Gasteiger charge is -2.39. The summed E-state index contributed by atoms with van der Waals surface area (Å²) in [4.78, 5) is 22.5. The van der Waals surface area contributed by atoms with Gasteiger partial charge in [0.25, 0.3) is 5.91 Å². The molecule has 0 saturated carbocycles. The lowest BCUT2D eigenvalue weighted by atomic mass is 9.96. The molecule has 40 heavy (non-hydrogen) atoms. The first kappa shape index (κ1) is 27.5. The van der Waals surface area contributed by atoms with E-state index in [0.717, 1.165) is 56.7 Å². The van der Waals surface area contributed by atoms with Gasteiger partial charge in [0, 0.05) is 50.7 Å². The molecule has 1 aliphatic rings. The molecule has 0 bridgehead atoms. The number of rotatable bonds is 11. The van der Waals surface area contributed by atoms with Crippen LogP contribution in [0.3, 0.4) is 0 Å². The Morgan fingerprint density at radius 1 is 0.775 bits per heavy atom. The molecule has 0 atom stereocenters. The van der Waals surface area contributed by atoms with Gasteiger partial charge in [-0.25, -0.2) is 0 Å². The topological polar surface area (TPSA) is 48.5 Å². The normalized spacial score (nSPS) is 14.8. The lowest BCUT2D eigenvalue weighted by Crippen LogP contribution is -2.48. The van der Waals surface area contributed by atoms with Crippen molar-refractivity contribution in [2.24, 2.45) is 0 Å². The predicted molar refractivity (Wildman–Crippen MR) is 164 cm³/mol. The Hall–Kier alpha value is -4.06. The van der Waals surface area contributed by atoms with E-state index in [2.05, 4.69) is 80.8 Å². The summed E-state index contributed by atoms with van der Waals surface area (Å²) in [6, 6.07) is 35.7. The van der Waals surface area contributed by atoms with Gasteiger partial charge in [-0.2, -0.15) is 0 Å². The molecule has 1 fully saturated rings. The molecule has 0 radical (unpaired) electrons. The summed E-state index contributed by atoms with van der Waals surface area (Å²) in [6.45, 7) is 5.95. The van der Waals surface area contributed by atoms with Crippen LogP contribution < -0.4 is 5.32 Å². The molecule has 5 nitrogen and oxygen atoms in total. The fourth-order valence-electron chi connectivity index (χ4n) is 5.41. The average Bonchev–Trinajstić information content (AvgIpc) is 3.02. The summed E-state index contributed by atoms with van der Waals surface area (Å²) >= 11 is 0. The van der Waals surface area contributed by atoms with E-state index in [1.165, 1.54) is 11.1 Å². The van der Waals surface area contributed by atoms with Crippen molar-refractivity contribution < 1.29 is 4.79 Å². The first-order chi connectivity index (χ1) is 19.8. The molecule has 1 N–H and O–H groups in total. The lowest BCUT2D eigenvalue weighted by molar-refractivity contribution is -0.115. The highest BCUT2D eigenvalue weighted by Gasteiger charge is 2.26. The molecule has 1 aliphatic heterocycles. The van der Waals surface area contributed by atoms with E-state index >= 15 is 0 Å². The second-order valence-corrected chi connectivity index (χ2v) is 10.3. The zero-order chi connectivity index (χ0) is 27.4. The fourth-order valence-corrected chi connectivity index (χ4v) is 5.41. The predicted octanol–water partition coefficient (Wildman–Crippen LogP) is 5.93. The van der Waals surface area contributed by atoms with Gasteiger partial charge in [-0.1, -0.05) is 97.1 Å². The van der Waals surface area contributed by atoms with E-state index in [4.69, 9.17) is 0 Å². The second kappa shape index (κ2) is 14.4. The molecule has 5 heteroatoms. The summed E-state index contributed by atoms with van der Waals surface area (Å²) in [5, 5.41) is 3.14. The molecule has 1 aromatic heterocycles. The number of unbranched alkanes of at least 4 members (excludes halogenated alkanes) is 1. The fraction of sp³-hybridized carbons (Fsp3) is 0.257. The zero-order valence-corrected chi connectivity index (χ0v) is 23.0. The highest BCUT2D eigenvalue weighted by atomic mass is 16.1. The molecule has 1 amide bonds. The van der Waals surface area contributed by atoms with E-state index in [0.29, 0.717) is 18.2 Å². The van der Waals surface area contributed by atoms with E-state index in [9.17, 15) is 4.79 Å². The number of carbonyl (C=O) groups is 1. The summed E-state index contributed by atoms with van der Waals surface area (Å²) < 4.78 is 0. The molecule has 4 aromatic rings. The van der Waals surface area contributed by atoms with E-state index in [1.54, 1.807) is 12.4 Å². The van der Waals surface area contributed by atoms with Crippen LogP contribution in [0.15, 0.2) is 116 Å². The number of benzene rings is 3. The minimum absolute atomic E-state index is 0.0449. The van der Waals surface area contributed by atoms with Crippen molar-refractivity contribution in [3.05, 3.63) is 138 Å². The maximum Gasteiger partial charge on any atom is 0.251 e. The molecular formula is C35H38N4O. The monoisotopic (exact) mass is 530 g/mol. The van der Waals surface area contributed by atoms with Gasteiger partial charge < -0.3 is 10.2 Å². The highest BCUT2D eigenvalue weighted by Crippen LogP contribution is 2.29. The van der Waals surface area contributed by atoms with Crippen LogP contribution in [0.25, 0.3) is 11.6 Å². The van der Waals surface area contributed by atoms with Crippen LogP contribution in [0, 0.1) is 0 Å². The third-order valence-corrected chi connectivity index (χ3v) is 7.51. The van der Waals surface area contributed by atoms with Crippen LogP contribution in [0.5, 0.6) is 0 Å². The third-order valence-electron chi connectivity index (χ3n) is 7.51. The zero-order valence-electron chi connectivity index (χ0n) is 23.0. The number of hydrogen-bond donors (Lipinski definition) is 1. The summed E-state index contributed by atoms with van der Waals surface area (Å²) in [6.07, 6.45) is 7.45. The van der Waals surface area contributed by atoms with E-state index < -0.39 is 0 Å². The molecule has 5 rings (SSSR count). The van der Waals surface area contributed by atoms with Crippen LogP contribution in [-0.4, -0.2) is 60.0 Å². The maximum atomic E-state index is 13.1. The Morgan fingerprint density at radius 2 is 1.40 bits per heavy atom. The molecule has 1 saturated heterocycles. The van der Waals surface area contributed by atoms with Gasteiger partial charge in [0.2, 0.25) is 0 Å². The first-order valence-electron chi connectivity index (χ1n) is 14.3. The minimum Gasteiger partial charge on any atom is -0.352 e. The van der Waals surface area contributed by atoms with Crippen LogP contribution in [0.1, 0.15) is 41.1 Å². The summed E-state index contributed by atoms with van der Waals surface area (Å²) in [5.41, 5.74) is 5.19. The third kappa shape index (κ3) is 7.53. The van der Waals surface area contributed by atoms with Gasteiger partial charge in [0.1, 0.15) is 0 Å². The Bertz CT molecular complexity index is 1300. The largest absolute Gasteiger partial charge is 0.352 e. The van der Waals surface area contributed by atoms with Crippen molar-refractivity contribution >= 4 is 17.6 Å². The van der Waals surface area contributed by atoms with E-state index in [-0.39, 0.29) is 5.91 Å². The number of amides is 1. The minimum atomic E-state index is -0.0449. The van der Waals surface area contributed by atoms with Crippen LogP contribution >= 0.6 is 0 Å². The Kier molecular flexibility index (Phi) is 9.87. The molecule has 0 unspecified atom stereocenters. The SMILES string of the molecule is O=C(NCCCCN1CCN(C(c2ccccc2)c2ccccc2)CC1)/C(=C/c1cccnc1)c1ccccc1. The maximum absolute atomic E-state index is 13.1. The molecule has 204 valence electrons. The molecule has 0 aliphatic carbocycles. The van der Waals surface area contributed by atoms with Crippen molar-refractivity contribution in [2.45, 2.75) is 18.9 Å². The Balaban J connectivity index is 1.09. The van der Waals surface area contributed by atoms with Crippen molar-refractivity contribution in [3.8, 4) is 0 Å². The van der Waals surface area contributed by atoms with Crippen molar-refractivity contribution in [1.29, 1.82) is 0 Å². The van der Waals surface area contributed by atoms with Gasteiger partial charge in [0.05, 0.1) is 6.04 Å². The quantitative estimate of drug-likeness (QED) is 0.193. The molecule has 0 spiro atoms. The number of pyridine rings is 1. The summed E-state index contributed by atoms with van der Waals surface area (Å²) in [5.74, 6) is -0.0449.